The number of aromatic nitrogens is 3. The molecule has 43 heavy (non-hydrogen) atoms. The van der Waals surface area contributed by atoms with Gasteiger partial charge in [-0.05, 0) is 37.5 Å². The molecule has 0 radical (unpaired) electrons. The van der Waals surface area contributed by atoms with Gasteiger partial charge in [0.1, 0.15) is 23.8 Å². The Morgan fingerprint density at radius 2 is 2.00 bits per heavy atom. The molecule has 3 saturated heterocycles. The minimum absolute atomic E-state index is 0.0512. The molecule has 3 fully saturated rings. The van der Waals surface area contributed by atoms with Crippen LogP contribution in [-0.2, 0) is 36.9 Å². The molecule has 1 aromatic heterocycles. The summed E-state index contributed by atoms with van der Waals surface area (Å²) in [7, 11) is 0. The number of hydrogen-bond donors (Lipinski definition) is 1. The lowest BCUT2D eigenvalue weighted by Crippen LogP contribution is -2.59. The second-order valence-corrected chi connectivity index (χ2v) is 12.4. The number of rotatable bonds is 11. The van der Waals surface area contributed by atoms with Gasteiger partial charge in [0.25, 0.3) is 0 Å². The third-order valence-electron chi connectivity index (χ3n) is 8.82. The van der Waals surface area contributed by atoms with Crippen molar-refractivity contribution < 1.29 is 29.0 Å². The number of halogens is 1. The van der Waals surface area contributed by atoms with Crippen LogP contribution in [0.1, 0.15) is 18.9 Å². The van der Waals surface area contributed by atoms with E-state index in [1.54, 1.807) is 22.6 Å². The van der Waals surface area contributed by atoms with Crippen molar-refractivity contribution in [1.82, 2.24) is 24.8 Å². The molecule has 6 rings (SSSR count). The maximum atomic E-state index is 14.8. The van der Waals surface area contributed by atoms with Crippen molar-refractivity contribution in [1.29, 1.82) is 0 Å². The zero-order valence-electron chi connectivity index (χ0n) is 23.8. The number of benzene rings is 2. The third kappa shape index (κ3) is 4.85. The van der Waals surface area contributed by atoms with Gasteiger partial charge >= 0.3 is 5.97 Å². The first-order valence-corrected chi connectivity index (χ1v) is 15.4. The van der Waals surface area contributed by atoms with Gasteiger partial charge in [0.2, 0.25) is 11.8 Å². The molecule has 7 atom stereocenters. The van der Waals surface area contributed by atoms with E-state index in [0.29, 0.717) is 18.4 Å². The quantitative estimate of drug-likeness (QED) is 0.190. The molecule has 3 aliphatic rings. The predicted molar refractivity (Wildman–Crippen MR) is 160 cm³/mol. The van der Waals surface area contributed by atoms with Crippen molar-refractivity contribution in [2.75, 3.05) is 19.8 Å². The lowest BCUT2D eigenvalue weighted by atomic mass is 9.70. The van der Waals surface area contributed by atoms with Crippen LogP contribution < -0.4 is 0 Å². The highest BCUT2D eigenvalue weighted by Crippen LogP contribution is 2.60. The van der Waals surface area contributed by atoms with Gasteiger partial charge in [0.15, 0.2) is 0 Å². The summed E-state index contributed by atoms with van der Waals surface area (Å²) in [5, 5.41) is 19.2. The minimum atomic E-state index is -1.29. The average molecular weight is 653 g/mol. The fourth-order valence-corrected chi connectivity index (χ4v) is 8.06. The highest BCUT2D eigenvalue weighted by atomic mass is 79.9. The summed E-state index contributed by atoms with van der Waals surface area (Å²) in [5.41, 5.74) is 1.04. The molecule has 2 bridgehead atoms. The first-order valence-electron chi connectivity index (χ1n) is 14.5. The lowest BCUT2D eigenvalue weighted by molar-refractivity contribution is -0.156. The van der Waals surface area contributed by atoms with Crippen LogP contribution in [-0.4, -0.2) is 96.1 Å². The predicted octanol–water partition coefficient (Wildman–Crippen LogP) is 2.32. The number of ether oxygens (including phenoxy) is 2. The Morgan fingerprint density at radius 3 is 2.72 bits per heavy atom. The van der Waals surface area contributed by atoms with Gasteiger partial charge in [-0.1, -0.05) is 69.7 Å². The van der Waals surface area contributed by atoms with Gasteiger partial charge in [-0.15, -0.1) is 11.7 Å². The third-order valence-corrected chi connectivity index (χ3v) is 9.67. The Morgan fingerprint density at radius 1 is 1.26 bits per heavy atom. The maximum Gasteiger partial charge on any atom is 0.312 e. The molecule has 3 aromatic rings. The summed E-state index contributed by atoms with van der Waals surface area (Å²) in [6.45, 7) is 5.56. The highest BCUT2D eigenvalue weighted by Gasteiger charge is 2.77. The van der Waals surface area contributed by atoms with E-state index in [1.165, 1.54) is 4.90 Å². The minimum Gasteiger partial charge on any atom is -0.466 e. The van der Waals surface area contributed by atoms with Crippen LogP contribution >= 0.6 is 15.9 Å². The van der Waals surface area contributed by atoms with Crippen molar-refractivity contribution in [3.8, 4) is 0 Å². The topological polar surface area (TPSA) is 127 Å². The van der Waals surface area contributed by atoms with Crippen LogP contribution in [0.3, 0.4) is 0 Å². The summed E-state index contributed by atoms with van der Waals surface area (Å²) in [6, 6.07) is 15.1. The van der Waals surface area contributed by atoms with Crippen LogP contribution in [0.2, 0.25) is 0 Å². The molecule has 2 aromatic carbocycles. The number of hydrogen-bond acceptors (Lipinski definition) is 8. The second kappa shape index (κ2) is 11.8. The van der Waals surface area contributed by atoms with E-state index in [9.17, 15) is 19.5 Å². The van der Waals surface area contributed by atoms with Gasteiger partial charge in [-0.25, -0.2) is 4.68 Å². The van der Waals surface area contributed by atoms with Crippen LogP contribution in [0.15, 0.2) is 67.3 Å². The maximum absolute atomic E-state index is 14.8. The average Bonchev–Trinajstić information content (AvgIpc) is 3.73. The smallest absolute Gasteiger partial charge is 0.312 e. The van der Waals surface area contributed by atoms with E-state index in [0.717, 1.165) is 11.1 Å². The standard InChI is InChI=1S/C31H34BrN5O6/c1-3-14-35(18-36-23-13-9-8-12-22(23)33-34-36)29(40)27-31-16-21(32)26(43-31)24(30(41)42-4-2)25(31)28(39)37(27)20(17-38)15-19-10-6-5-7-11-19/h3,5-13,20-21,24-27,38H,1,4,14-18H2,2H3/t20-,21?,24+,25-,26+,27+,31-/m1/s1. The summed E-state index contributed by atoms with van der Waals surface area (Å²) in [5.74, 6) is -3.11. The second-order valence-electron chi connectivity index (χ2n) is 11.3. The number of para-hydroxylation sites is 1. The normalized spacial score (nSPS) is 28.2. The Labute approximate surface area is 257 Å². The van der Waals surface area contributed by atoms with Gasteiger partial charge in [0, 0.05) is 11.4 Å². The molecule has 226 valence electrons. The van der Waals surface area contributed by atoms with Gasteiger partial charge in [-0.2, -0.15) is 0 Å². The number of aliphatic hydroxyl groups is 1. The molecule has 0 aliphatic carbocycles. The summed E-state index contributed by atoms with van der Waals surface area (Å²) < 4.78 is 13.6. The molecule has 12 heteroatoms. The first-order chi connectivity index (χ1) is 20.8. The van der Waals surface area contributed by atoms with Gasteiger partial charge in [0.05, 0.1) is 42.7 Å². The number of likely N-dealkylation sites (tertiary alicyclic amines) is 1. The fraction of sp³-hybridized carbons (Fsp3) is 0.452. The Balaban J connectivity index is 1.43. The highest BCUT2D eigenvalue weighted by molar-refractivity contribution is 9.09. The number of carbonyl (C=O) groups is 3. The van der Waals surface area contributed by atoms with E-state index in [2.05, 4.69) is 32.8 Å². The monoisotopic (exact) mass is 651 g/mol. The lowest BCUT2D eigenvalue weighted by Gasteiger charge is -2.39. The number of aliphatic hydroxyl groups excluding tert-OH is 1. The van der Waals surface area contributed by atoms with E-state index < -0.39 is 47.5 Å². The molecular formula is C31H34BrN5O6. The number of nitrogens with zero attached hydrogens (tertiary/aromatic N) is 5. The molecular weight excluding hydrogens is 618 g/mol. The molecule has 1 unspecified atom stereocenters. The number of amides is 2. The van der Waals surface area contributed by atoms with Crippen molar-refractivity contribution in [2.45, 2.75) is 55.0 Å². The first kappa shape index (κ1) is 29.5. The van der Waals surface area contributed by atoms with E-state index in [-0.39, 0.29) is 37.2 Å². The molecule has 11 nitrogen and oxygen atoms in total. The zero-order chi connectivity index (χ0) is 30.3. The summed E-state index contributed by atoms with van der Waals surface area (Å²) in [6.07, 6.45) is 1.65. The van der Waals surface area contributed by atoms with Crippen molar-refractivity contribution >= 4 is 44.7 Å². The summed E-state index contributed by atoms with van der Waals surface area (Å²) >= 11 is 3.68. The Kier molecular flexibility index (Phi) is 8.10. The molecule has 4 heterocycles. The van der Waals surface area contributed by atoms with E-state index in [4.69, 9.17) is 9.47 Å². The van der Waals surface area contributed by atoms with Crippen molar-refractivity contribution in [3.05, 3.63) is 72.8 Å². The fourth-order valence-electron chi connectivity index (χ4n) is 7.11. The number of carbonyl (C=O) groups excluding carboxylic acids is 3. The number of esters is 1. The Bertz CT molecular complexity index is 1530. The number of fused-ring (bicyclic) bond motifs is 2. The van der Waals surface area contributed by atoms with E-state index in [1.807, 2.05) is 54.6 Å². The van der Waals surface area contributed by atoms with Crippen LogP contribution in [0, 0.1) is 11.8 Å². The molecule has 3 aliphatic heterocycles. The van der Waals surface area contributed by atoms with E-state index >= 15 is 0 Å². The van der Waals surface area contributed by atoms with Crippen LogP contribution in [0.25, 0.3) is 11.0 Å². The van der Waals surface area contributed by atoms with Crippen molar-refractivity contribution in [2.24, 2.45) is 11.8 Å². The zero-order valence-corrected chi connectivity index (χ0v) is 25.4. The summed E-state index contributed by atoms with van der Waals surface area (Å²) in [4.78, 5) is 45.3. The van der Waals surface area contributed by atoms with Crippen molar-refractivity contribution in [3.63, 3.8) is 0 Å². The molecule has 1 spiro atoms. The van der Waals surface area contributed by atoms with Crippen LogP contribution in [0.4, 0.5) is 0 Å². The molecule has 0 saturated carbocycles. The largest absolute Gasteiger partial charge is 0.466 e. The SMILES string of the molecule is C=CCN(Cn1nnc2ccccc21)C(=O)[C@@H]1N([C@@H](CO)Cc2ccccc2)C(=O)[C@H]2[C@H](C(=O)OCC)[C@H]3O[C@@]12CC3Br. The van der Waals surface area contributed by atoms with Crippen LogP contribution in [0.5, 0.6) is 0 Å². The Hall–Kier alpha value is -3.61. The van der Waals surface area contributed by atoms with Gasteiger partial charge in [-0.3, -0.25) is 14.4 Å². The molecule has 1 N–H and O–H groups in total. The number of alkyl halides is 1. The van der Waals surface area contributed by atoms with Gasteiger partial charge < -0.3 is 24.4 Å². The molecule has 2 amide bonds.